The van der Waals surface area contributed by atoms with Gasteiger partial charge in [0.1, 0.15) is 0 Å². The van der Waals surface area contributed by atoms with E-state index in [1.807, 2.05) is 7.05 Å². The molecule has 1 heterocycles. The fourth-order valence-electron chi connectivity index (χ4n) is 2.93. The van der Waals surface area contributed by atoms with Crippen LogP contribution >= 0.6 is 12.4 Å². The van der Waals surface area contributed by atoms with Crippen LogP contribution in [0.3, 0.4) is 0 Å². The quantitative estimate of drug-likeness (QED) is 0.787. The molecule has 1 aromatic rings. The Hall–Kier alpha value is -0.760. The molecule has 8 heteroatoms. The molecular weight excluding hydrogens is 358 g/mol. The van der Waals surface area contributed by atoms with Gasteiger partial charge in [-0.1, -0.05) is 12.1 Å². The van der Waals surface area contributed by atoms with E-state index < -0.39 is 15.6 Å². The molecule has 0 atom stereocenters. The Morgan fingerprint density at radius 3 is 2.29 bits per heavy atom. The number of nitrogens with zero attached hydrogens (tertiary/aromatic N) is 1. The highest BCUT2D eigenvalue weighted by molar-refractivity contribution is 7.91. The monoisotopic (exact) mass is 382 g/mol. The van der Waals surface area contributed by atoms with Crippen LogP contribution in [-0.4, -0.2) is 45.8 Å². The third kappa shape index (κ3) is 5.65. The summed E-state index contributed by atoms with van der Waals surface area (Å²) in [6, 6.07) is 5.80. The van der Waals surface area contributed by atoms with Gasteiger partial charge in [-0.3, -0.25) is 4.90 Å². The Kier molecular flexibility index (Phi) is 8.56. The molecule has 0 aromatic heterocycles. The lowest BCUT2D eigenvalue weighted by atomic mass is 9.93. The normalized spacial score (nSPS) is 17.0. The van der Waals surface area contributed by atoms with Gasteiger partial charge in [-0.15, -0.1) is 12.4 Å². The first kappa shape index (κ1) is 21.3. The maximum absolute atomic E-state index is 12.5. The molecule has 1 aliphatic heterocycles. The molecule has 0 amide bonds. The van der Waals surface area contributed by atoms with Crippen molar-refractivity contribution in [2.75, 3.05) is 26.7 Å². The number of halogens is 3. The van der Waals surface area contributed by atoms with Crippen LogP contribution in [0.4, 0.5) is 8.78 Å². The van der Waals surface area contributed by atoms with Gasteiger partial charge in [-0.25, -0.2) is 8.42 Å². The predicted octanol–water partition coefficient (Wildman–Crippen LogP) is 2.93. The summed E-state index contributed by atoms with van der Waals surface area (Å²) in [5.41, 5.74) is 0.951. The molecule has 0 saturated carbocycles. The SMILES string of the molecule is CNCCC1CCN(Cc2ccc(S(=O)(=O)C(F)F)cc2)CC1.Cl. The molecule has 0 bridgehead atoms. The third-order valence-electron chi connectivity index (χ3n) is 4.40. The summed E-state index contributed by atoms with van der Waals surface area (Å²) in [5.74, 6) is -2.61. The van der Waals surface area contributed by atoms with Crippen molar-refractivity contribution in [2.45, 2.75) is 36.5 Å². The summed E-state index contributed by atoms with van der Waals surface area (Å²) in [6.07, 6.45) is 3.53. The fourth-order valence-corrected chi connectivity index (χ4v) is 3.65. The molecule has 0 unspecified atom stereocenters. The number of alkyl halides is 2. The number of sulfone groups is 1. The van der Waals surface area contributed by atoms with Gasteiger partial charge in [0.05, 0.1) is 4.90 Å². The van der Waals surface area contributed by atoms with E-state index in [4.69, 9.17) is 0 Å². The van der Waals surface area contributed by atoms with Crippen molar-refractivity contribution >= 4 is 22.2 Å². The molecule has 2 rings (SSSR count). The number of rotatable bonds is 7. The van der Waals surface area contributed by atoms with Gasteiger partial charge in [0.2, 0.25) is 9.84 Å². The summed E-state index contributed by atoms with van der Waals surface area (Å²) in [7, 11) is -2.53. The van der Waals surface area contributed by atoms with Gasteiger partial charge >= 0.3 is 5.76 Å². The lowest BCUT2D eigenvalue weighted by Gasteiger charge is -2.32. The van der Waals surface area contributed by atoms with E-state index in [1.165, 1.54) is 31.4 Å². The zero-order valence-corrected chi connectivity index (χ0v) is 15.4. The van der Waals surface area contributed by atoms with E-state index in [2.05, 4.69) is 10.2 Å². The zero-order valence-electron chi connectivity index (χ0n) is 13.7. The van der Waals surface area contributed by atoms with Gasteiger partial charge in [0.25, 0.3) is 0 Å². The highest BCUT2D eigenvalue weighted by Crippen LogP contribution is 2.23. The first-order chi connectivity index (χ1) is 10.9. The smallest absolute Gasteiger partial charge is 0.320 e. The number of nitrogens with one attached hydrogen (secondary N) is 1. The van der Waals surface area contributed by atoms with Crippen molar-refractivity contribution in [3.8, 4) is 0 Å². The molecule has 0 aliphatic carbocycles. The van der Waals surface area contributed by atoms with Gasteiger partial charge in [-0.2, -0.15) is 8.78 Å². The lowest BCUT2D eigenvalue weighted by molar-refractivity contribution is 0.172. The molecule has 138 valence electrons. The standard InChI is InChI=1S/C16H24F2N2O2S.ClH/c1-19-9-6-13-7-10-20(11-8-13)12-14-2-4-15(5-3-14)23(21,22)16(17)18;/h2-5,13,16,19H,6-12H2,1H3;1H. The van der Waals surface area contributed by atoms with E-state index in [-0.39, 0.29) is 17.3 Å². The van der Waals surface area contributed by atoms with Gasteiger partial charge in [0, 0.05) is 6.54 Å². The van der Waals surface area contributed by atoms with Gasteiger partial charge < -0.3 is 5.32 Å². The number of benzene rings is 1. The van der Waals surface area contributed by atoms with E-state index in [0.717, 1.165) is 37.7 Å². The first-order valence-electron chi connectivity index (χ1n) is 7.91. The van der Waals surface area contributed by atoms with Crippen molar-refractivity contribution < 1.29 is 17.2 Å². The highest BCUT2D eigenvalue weighted by atomic mass is 35.5. The van der Waals surface area contributed by atoms with Crippen LogP contribution in [0.1, 0.15) is 24.8 Å². The molecule has 1 aromatic carbocycles. The Morgan fingerprint density at radius 2 is 1.79 bits per heavy atom. The minimum atomic E-state index is -4.50. The summed E-state index contributed by atoms with van der Waals surface area (Å²) in [6.45, 7) is 3.81. The molecule has 1 saturated heterocycles. The number of hydrogen-bond acceptors (Lipinski definition) is 4. The van der Waals surface area contributed by atoms with Gasteiger partial charge in [0.15, 0.2) is 0 Å². The second-order valence-electron chi connectivity index (χ2n) is 6.06. The van der Waals surface area contributed by atoms with Crippen molar-refractivity contribution in [2.24, 2.45) is 5.92 Å². The van der Waals surface area contributed by atoms with E-state index in [9.17, 15) is 17.2 Å². The zero-order chi connectivity index (χ0) is 16.9. The number of hydrogen-bond donors (Lipinski definition) is 1. The Morgan fingerprint density at radius 1 is 1.21 bits per heavy atom. The molecule has 0 spiro atoms. The Labute approximate surface area is 148 Å². The summed E-state index contributed by atoms with van der Waals surface area (Å²) >= 11 is 0. The number of piperidine rings is 1. The average Bonchev–Trinajstić information content (AvgIpc) is 2.54. The molecule has 1 fully saturated rings. The maximum atomic E-state index is 12.5. The summed E-state index contributed by atoms with van der Waals surface area (Å²) in [5, 5.41) is 3.18. The average molecular weight is 383 g/mol. The third-order valence-corrected chi connectivity index (χ3v) is 5.80. The lowest BCUT2D eigenvalue weighted by Crippen LogP contribution is -2.34. The van der Waals surface area contributed by atoms with Crippen molar-refractivity contribution in [3.05, 3.63) is 29.8 Å². The van der Waals surface area contributed by atoms with Crippen LogP contribution in [0.2, 0.25) is 0 Å². The Bertz CT molecular complexity index is 589. The fraction of sp³-hybridized carbons (Fsp3) is 0.625. The Balaban J connectivity index is 0.00000288. The van der Waals surface area contributed by atoms with Crippen molar-refractivity contribution in [3.63, 3.8) is 0 Å². The largest absolute Gasteiger partial charge is 0.341 e. The first-order valence-corrected chi connectivity index (χ1v) is 9.46. The van der Waals surface area contributed by atoms with Crippen LogP contribution in [0, 0.1) is 5.92 Å². The second kappa shape index (κ2) is 9.65. The topological polar surface area (TPSA) is 49.4 Å². The van der Waals surface area contributed by atoms with E-state index in [0.29, 0.717) is 0 Å². The molecule has 1 aliphatic rings. The maximum Gasteiger partial charge on any atom is 0.341 e. The minimum Gasteiger partial charge on any atom is -0.320 e. The predicted molar refractivity (Wildman–Crippen MR) is 93.4 cm³/mol. The highest BCUT2D eigenvalue weighted by Gasteiger charge is 2.26. The van der Waals surface area contributed by atoms with Crippen LogP contribution in [0.15, 0.2) is 29.2 Å². The van der Waals surface area contributed by atoms with Crippen LogP contribution in [0.5, 0.6) is 0 Å². The summed E-state index contributed by atoms with van der Waals surface area (Å²) < 4.78 is 47.8. The molecule has 24 heavy (non-hydrogen) atoms. The van der Waals surface area contributed by atoms with E-state index in [1.54, 1.807) is 12.1 Å². The van der Waals surface area contributed by atoms with Crippen LogP contribution < -0.4 is 5.32 Å². The summed E-state index contributed by atoms with van der Waals surface area (Å²) in [4.78, 5) is 2.01. The molecule has 4 nitrogen and oxygen atoms in total. The molecule has 1 N–H and O–H groups in total. The van der Waals surface area contributed by atoms with Crippen LogP contribution in [-0.2, 0) is 16.4 Å². The van der Waals surface area contributed by atoms with E-state index >= 15 is 0 Å². The molecule has 0 radical (unpaired) electrons. The minimum absolute atomic E-state index is 0. The van der Waals surface area contributed by atoms with Gasteiger partial charge in [-0.05, 0) is 69.6 Å². The number of likely N-dealkylation sites (tertiary alicyclic amines) is 1. The van der Waals surface area contributed by atoms with Crippen molar-refractivity contribution in [1.82, 2.24) is 10.2 Å². The van der Waals surface area contributed by atoms with Crippen LogP contribution in [0.25, 0.3) is 0 Å². The molecular formula is C16H25ClF2N2O2S. The second-order valence-corrected chi connectivity index (χ2v) is 7.98. The van der Waals surface area contributed by atoms with Crippen molar-refractivity contribution in [1.29, 1.82) is 0 Å².